The average Bonchev–Trinajstić information content (AvgIpc) is 2.36. The molecule has 0 bridgehead atoms. The first-order valence-corrected chi connectivity index (χ1v) is 6.22. The summed E-state index contributed by atoms with van der Waals surface area (Å²) in [6.45, 7) is 5.72. The van der Waals surface area contributed by atoms with E-state index in [0.29, 0.717) is 6.61 Å². The van der Waals surface area contributed by atoms with Gasteiger partial charge in [0.2, 0.25) is 0 Å². The molecule has 2 heteroatoms. The molecule has 0 saturated heterocycles. The van der Waals surface area contributed by atoms with Gasteiger partial charge in [-0.05, 0) is 26.0 Å². The summed E-state index contributed by atoms with van der Waals surface area (Å²) in [7, 11) is 0. The molecule has 1 aromatic rings. The number of hydrogen-bond acceptors (Lipinski definition) is 2. The first-order valence-electron chi connectivity index (χ1n) is 6.22. The van der Waals surface area contributed by atoms with Crippen LogP contribution in [0.15, 0.2) is 24.3 Å². The second kappa shape index (κ2) is 7.76. The third-order valence-corrected chi connectivity index (χ3v) is 2.62. The van der Waals surface area contributed by atoms with E-state index in [0.717, 1.165) is 25.1 Å². The highest BCUT2D eigenvalue weighted by molar-refractivity contribution is 5.36. The molecule has 0 fully saturated rings. The van der Waals surface area contributed by atoms with Crippen LogP contribution in [0.5, 0.6) is 5.75 Å². The molecule has 92 valence electrons. The van der Waals surface area contributed by atoms with Crippen molar-refractivity contribution in [2.75, 3.05) is 13.2 Å². The third-order valence-electron chi connectivity index (χ3n) is 2.62. The molecule has 0 saturated carbocycles. The van der Waals surface area contributed by atoms with Crippen molar-refractivity contribution in [3.8, 4) is 18.1 Å². The predicted octanol–water partition coefficient (Wildman–Crippen LogP) is 3.15. The summed E-state index contributed by atoms with van der Waals surface area (Å²) in [6.07, 6.45) is 7.05. The van der Waals surface area contributed by atoms with Crippen LogP contribution in [0, 0.1) is 12.3 Å². The number of terminal acetylenes is 1. The summed E-state index contributed by atoms with van der Waals surface area (Å²) in [5.41, 5.74) is 1.20. The summed E-state index contributed by atoms with van der Waals surface area (Å²) < 4.78 is 5.65. The zero-order chi connectivity index (χ0) is 12.5. The maximum absolute atomic E-state index is 5.65. The molecule has 1 aromatic carbocycles. The van der Waals surface area contributed by atoms with Crippen molar-refractivity contribution in [1.82, 2.24) is 5.32 Å². The van der Waals surface area contributed by atoms with Gasteiger partial charge in [-0.2, -0.15) is 0 Å². The first kappa shape index (κ1) is 13.6. The van der Waals surface area contributed by atoms with Crippen LogP contribution >= 0.6 is 0 Å². The van der Waals surface area contributed by atoms with E-state index in [4.69, 9.17) is 11.2 Å². The normalized spacial score (nSPS) is 11.8. The van der Waals surface area contributed by atoms with Gasteiger partial charge in [0.1, 0.15) is 5.75 Å². The summed E-state index contributed by atoms with van der Waals surface area (Å²) in [4.78, 5) is 0. The summed E-state index contributed by atoms with van der Waals surface area (Å²) in [5, 5.41) is 3.46. The van der Waals surface area contributed by atoms with Crippen LogP contribution in [-0.2, 0) is 0 Å². The highest BCUT2D eigenvalue weighted by Crippen LogP contribution is 2.27. The maximum Gasteiger partial charge on any atom is 0.124 e. The highest BCUT2D eigenvalue weighted by atomic mass is 16.5. The lowest BCUT2D eigenvalue weighted by Crippen LogP contribution is -2.21. The molecule has 1 N–H and O–H groups in total. The van der Waals surface area contributed by atoms with Crippen molar-refractivity contribution < 1.29 is 4.74 Å². The van der Waals surface area contributed by atoms with Crippen molar-refractivity contribution in [3.05, 3.63) is 29.8 Å². The van der Waals surface area contributed by atoms with E-state index in [9.17, 15) is 0 Å². The van der Waals surface area contributed by atoms with Gasteiger partial charge >= 0.3 is 0 Å². The Morgan fingerprint density at radius 2 is 2.12 bits per heavy atom. The fraction of sp³-hybridized carbons (Fsp3) is 0.467. The molecule has 2 nitrogen and oxygen atoms in total. The molecular formula is C15H21NO. The highest BCUT2D eigenvalue weighted by Gasteiger charge is 2.14. The van der Waals surface area contributed by atoms with Crippen LogP contribution in [0.2, 0.25) is 0 Å². The number of para-hydroxylation sites is 1. The number of hydrogen-bond donors (Lipinski definition) is 1. The Labute approximate surface area is 104 Å². The van der Waals surface area contributed by atoms with Gasteiger partial charge in [-0.15, -0.1) is 12.3 Å². The van der Waals surface area contributed by atoms with Crippen LogP contribution in [-0.4, -0.2) is 13.2 Å². The fourth-order valence-corrected chi connectivity index (χ4v) is 1.90. The lowest BCUT2D eigenvalue weighted by Gasteiger charge is -2.20. The zero-order valence-corrected chi connectivity index (χ0v) is 10.7. The Balaban J connectivity index is 2.87. The molecule has 0 spiro atoms. The van der Waals surface area contributed by atoms with E-state index >= 15 is 0 Å². The maximum atomic E-state index is 5.65. The van der Waals surface area contributed by atoms with Gasteiger partial charge in [0.15, 0.2) is 0 Å². The largest absolute Gasteiger partial charge is 0.494 e. The quantitative estimate of drug-likeness (QED) is 0.728. The van der Waals surface area contributed by atoms with E-state index in [1.807, 2.05) is 25.1 Å². The first-order chi connectivity index (χ1) is 8.33. The van der Waals surface area contributed by atoms with Crippen molar-refractivity contribution in [2.24, 2.45) is 0 Å². The number of nitrogens with one attached hydrogen (secondary N) is 1. The smallest absolute Gasteiger partial charge is 0.124 e. The zero-order valence-electron chi connectivity index (χ0n) is 10.7. The Bertz CT molecular complexity index is 367. The van der Waals surface area contributed by atoms with Crippen molar-refractivity contribution in [3.63, 3.8) is 0 Å². The molecule has 17 heavy (non-hydrogen) atoms. The standard InChI is InChI=1S/C15H21NO/c1-4-7-11-14(16-5-2)13-10-8-9-12-15(13)17-6-3/h1,8-10,12,14,16H,5-7,11H2,2-3H3. The molecule has 0 aliphatic rings. The molecule has 0 aliphatic heterocycles. The number of ether oxygens (including phenoxy) is 1. The Kier molecular flexibility index (Phi) is 6.21. The van der Waals surface area contributed by atoms with Gasteiger partial charge in [-0.3, -0.25) is 0 Å². The topological polar surface area (TPSA) is 21.3 Å². The van der Waals surface area contributed by atoms with E-state index in [2.05, 4.69) is 24.2 Å². The van der Waals surface area contributed by atoms with Crippen LogP contribution in [0.4, 0.5) is 0 Å². The summed E-state index contributed by atoms with van der Waals surface area (Å²) in [5.74, 6) is 3.65. The number of benzene rings is 1. The Hall–Kier alpha value is -1.46. The van der Waals surface area contributed by atoms with Gasteiger partial charge in [0.25, 0.3) is 0 Å². The molecule has 1 rings (SSSR count). The molecule has 0 heterocycles. The lowest BCUT2D eigenvalue weighted by molar-refractivity contribution is 0.330. The molecular weight excluding hydrogens is 210 g/mol. The minimum atomic E-state index is 0.277. The van der Waals surface area contributed by atoms with E-state index in [-0.39, 0.29) is 6.04 Å². The third kappa shape index (κ3) is 4.13. The van der Waals surface area contributed by atoms with Crippen LogP contribution in [0.25, 0.3) is 0 Å². The fourth-order valence-electron chi connectivity index (χ4n) is 1.90. The Morgan fingerprint density at radius 3 is 2.76 bits per heavy atom. The van der Waals surface area contributed by atoms with Gasteiger partial charge in [0, 0.05) is 18.0 Å². The minimum Gasteiger partial charge on any atom is -0.494 e. The average molecular weight is 231 g/mol. The number of rotatable bonds is 7. The van der Waals surface area contributed by atoms with Crippen LogP contribution < -0.4 is 10.1 Å². The van der Waals surface area contributed by atoms with Gasteiger partial charge < -0.3 is 10.1 Å². The molecule has 1 unspecified atom stereocenters. The van der Waals surface area contributed by atoms with Crippen LogP contribution in [0.3, 0.4) is 0 Å². The SMILES string of the molecule is C#CCCC(NCC)c1ccccc1OCC. The summed E-state index contributed by atoms with van der Waals surface area (Å²) in [6, 6.07) is 8.43. The Morgan fingerprint density at radius 1 is 1.35 bits per heavy atom. The molecule has 0 amide bonds. The van der Waals surface area contributed by atoms with E-state index < -0.39 is 0 Å². The molecule has 0 aromatic heterocycles. The van der Waals surface area contributed by atoms with E-state index in [1.165, 1.54) is 5.56 Å². The van der Waals surface area contributed by atoms with Gasteiger partial charge in [-0.1, -0.05) is 25.1 Å². The predicted molar refractivity (Wildman–Crippen MR) is 72.1 cm³/mol. The van der Waals surface area contributed by atoms with Crippen molar-refractivity contribution in [2.45, 2.75) is 32.7 Å². The van der Waals surface area contributed by atoms with Crippen molar-refractivity contribution >= 4 is 0 Å². The second-order valence-corrected chi connectivity index (χ2v) is 3.82. The molecule has 1 atom stereocenters. The minimum absolute atomic E-state index is 0.277. The lowest BCUT2D eigenvalue weighted by atomic mass is 10.0. The van der Waals surface area contributed by atoms with Gasteiger partial charge in [-0.25, -0.2) is 0 Å². The van der Waals surface area contributed by atoms with Crippen molar-refractivity contribution in [1.29, 1.82) is 0 Å². The van der Waals surface area contributed by atoms with E-state index in [1.54, 1.807) is 0 Å². The summed E-state index contributed by atoms with van der Waals surface area (Å²) >= 11 is 0. The monoisotopic (exact) mass is 231 g/mol. The second-order valence-electron chi connectivity index (χ2n) is 3.82. The molecule has 0 radical (unpaired) electrons. The molecule has 0 aliphatic carbocycles. The van der Waals surface area contributed by atoms with Gasteiger partial charge in [0.05, 0.1) is 6.61 Å². The van der Waals surface area contributed by atoms with Crippen LogP contribution in [0.1, 0.15) is 38.3 Å².